The normalized spacial score (nSPS) is 33.2. The van der Waals surface area contributed by atoms with Gasteiger partial charge in [-0.25, -0.2) is 0 Å². The van der Waals surface area contributed by atoms with Crippen LogP contribution in [-0.4, -0.2) is 33.1 Å². The molecule has 100 valence electrons. The highest BCUT2D eigenvalue weighted by Gasteiger charge is 2.44. The summed E-state index contributed by atoms with van der Waals surface area (Å²) in [6.45, 7) is 4.29. The van der Waals surface area contributed by atoms with Crippen LogP contribution in [-0.2, 0) is 0 Å². The molecule has 1 aromatic rings. The molecule has 18 heavy (non-hydrogen) atoms. The minimum Gasteiger partial charge on any atom is -0.391 e. The molecule has 0 radical (unpaired) electrons. The van der Waals surface area contributed by atoms with Crippen molar-refractivity contribution in [3.63, 3.8) is 0 Å². The summed E-state index contributed by atoms with van der Waals surface area (Å²) in [5, 5.41) is 18.1. The van der Waals surface area contributed by atoms with Crippen LogP contribution in [0.5, 0.6) is 0 Å². The zero-order valence-electron chi connectivity index (χ0n) is 11.2. The SMILES string of the molecule is CCC(N[C@H]1C[C@@H](O)[C@@H]1n1cc(C)cn1)C1CC1. The van der Waals surface area contributed by atoms with Crippen molar-refractivity contribution in [3.8, 4) is 0 Å². The van der Waals surface area contributed by atoms with Gasteiger partial charge in [-0.05, 0) is 44.1 Å². The van der Waals surface area contributed by atoms with Crippen molar-refractivity contribution >= 4 is 0 Å². The quantitative estimate of drug-likeness (QED) is 0.834. The number of nitrogens with zero attached hydrogens (tertiary/aromatic N) is 2. The third-order valence-electron chi connectivity index (χ3n) is 4.40. The maximum Gasteiger partial charge on any atom is 0.0932 e. The number of aromatic nitrogens is 2. The summed E-state index contributed by atoms with van der Waals surface area (Å²) in [4.78, 5) is 0. The number of aryl methyl sites for hydroxylation is 1. The van der Waals surface area contributed by atoms with Gasteiger partial charge < -0.3 is 10.4 Å². The van der Waals surface area contributed by atoms with E-state index in [2.05, 4.69) is 17.3 Å². The van der Waals surface area contributed by atoms with Gasteiger partial charge in [-0.15, -0.1) is 0 Å². The first kappa shape index (κ1) is 12.2. The Hall–Kier alpha value is -0.870. The molecule has 2 fully saturated rings. The van der Waals surface area contributed by atoms with Gasteiger partial charge in [-0.3, -0.25) is 4.68 Å². The van der Waals surface area contributed by atoms with E-state index in [4.69, 9.17) is 0 Å². The maximum atomic E-state index is 9.98. The maximum absolute atomic E-state index is 9.98. The monoisotopic (exact) mass is 249 g/mol. The van der Waals surface area contributed by atoms with E-state index in [0.29, 0.717) is 12.1 Å². The Balaban J connectivity index is 1.65. The lowest BCUT2D eigenvalue weighted by molar-refractivity contribution is -0.0128. The Morgan fingerprint density at radius 2 is 2.33 bits per heavy atom. The summed E-state index contributed by atoms with van der Waals surface area (Å²) in [5.74, 6) is 0.868. The molecule has 0 aromatic carbocycles. The van der Waals surface area contributed by atoms with Crippen molar-refractivity contribution in [3.05, 3.63) is 18.0 Å². The lowest BCUT2D eigenvalue weighted by atomic mass is 9.82. The molecule has 1 unspecified atom stereocenters. The van der Waals surface area contributed by atoms with Crippen molar-refractivity contribution in [2.24, 2.45) is 5.92 Å². The molecular weight excluding hydrogens is 226 g/mol. The second kappa shape index (κ2) is 4.67. The molecule has 0 bridgehead atoms. The minimum atomic E-state index is -0.251. The van der Waals surface area contributed by atoms with E-state index in [1.165, 1.54) is 19.3 Å². The van der Waals surface area contributed by atoms with Crippen LogP contribution in [0.25, 0.3) is 0 Å². The average Bonchev–Trinajstić information content (AvgIpc) is 3.08. The topological polar surface area (TPSA) is 50.1 Å². The van der Waals surface area contributed by atoms with Crippen LogP contribution in [0.4, 0.5) is 0 Å². The van der Waals surface area contributed by atoms with Gasteiger partial charge in [-0.1, -0.05) is 6.92 Å². The van der Waals surface area contributed by atoms with Crippen LogP contribution in [0.2, 0.25) is 0 Å². The molecule has 4 heteroatoms. The number of nitrogens with one attached hydrogen (secondary N) is 1. The van der Waals surface area contributed by atoms with E-state index in [0.717, 1.165) is 17.9 Å². The summed E-state index contributed by atoms with van der Waals surface area (Å²) >= 11 is 0. The van der Waals surface area contributed by atoms with E-state index < -0.39 is 0 Å². The fourth-order valence-electron chi connectivity index (χ4n) is 3.10. The van der Waals surface area contributed by atoms with Crippen LogP contribution in [0.3, 0.4) is 0 Å². The number of aliphatic hydroxyl groups excluding tert-OH is 1. The van der Waals surface area contributed by atoms with Crippen LogP contribution in [0.1, 0.15) is 44.2 Å². The first-order valence-corrected chi connectivity index (χ1v) is 7.14. The van der Waals surface area contributed by atoms with Crippen LogP contribution in [0, 0.1) is 12.8 Å². The number of aliphatic hydroxyl groups is 1. The Bertz CT molecular complexity index is 413. The molecule has 4 atom stereocenters. The Labute approximate surface area is 108 Å². The highest BCUT2D eigenvalue weighted by molar-refractivity contribution is 5.07. The Kier molecular flexibility index (Phi) is 3.16. The molecule has 0 aliphatic heterocycles. The van der Waals surface area contributed by atoms with Crippen molar-refractivity contribution in [2.45, 2.75) is 63.8 Å². The van der Waals surface area contributed by atoms with E-state index in [1.54, 1.807) is 0 Å². The van der Waals surface area contributed by atoms with Gasteiger partial charge in [0.25, 0.3) is 0 Å². The van der Waals surface area contributed by atoms with Gasteiger partial charge in [-0.2, -0.15) is 5.10 Å². The summed E-state index contributed by atoms with van der Waals surface area (Å²) in [7, 11) is 0. The van der Waals surface area contributed by atoms with Crippen LogP contribution >= 0.6 is 0 Å². The summed E-state index contributed by atoms with van der Waals surface area (Å²) in [6.07, 6.45) is 8.41. The molecule has 2 N–H and O–H groups in total. The van der Waals surface area contributed by atoms with Crippen LogP contribution in [0.15, 0.2) is 12.4 Å². The predicted octanol–water partition coefficient (Wildman–Crippen LogP) is 1.64. The lowest BCUT2D eigenvalue weighted by Gasteiger charge is -2.44. The first-order valence-electron chi connectivity index (χ1n) is 7.14. The van der Waals surface area contributed by atoms with Gasteiger partial charge in [0.15, 0.2) is 0 Å². The number of hydrogen-bond donors (Lipinski definition) is 2. The molecule has 3 rings (SSSR count). The molecule has 2 aliphatic rings. The standard InChI is InChI=1S/C14H23N3O/c1-3-11(10-4-5-10)16-12-6-13(18)14(12)17-8-9(2)7-15-17/h7-8,10-14,16,18H,3-6H2,1-2H3/t11?,12-,13+,14+/m0/s1. The number of rotatable bonds is 5. The highest BCUT2D eigenvalue weighted by atomic mass is 16.3. The van der Waals surface area contributed by atoms with E-state index in [-0.39, 0.29) is 12.1 Å². The summed E-state index contributed by atoms with van der Waals surface area (Å²) in [6, 6.07) is 1.12. The van der Waals surface area contributed by atoms with E-state index >= 15 is 0 Å². The zero-order valence-corrected chi connectivity index (χ0v) is 11.2. The smallest absolute Gasteiger partial charge is 0.0932 e. The molecule has 2 aliphatic carbocycles. The third-order valence-corrected chi connectivity index (χ3v) is 4.40. The summed E-state index contributed by atoms with van der Waals surface area (Å²) in [5.41, 5.74) is 1.15. The van der Waals surface area contributed by atoms with Crippen molar-refractivity contribution < 1.29 is 5.11 Å². The fourth-order valence-corrected chi connectivity index (χ4v) is 3.10. The summed E-state index contributed by atoms with van der Waals surface area (Å²) < 4.78 is 1.93. The molecule has 4 nitrogen and oxygen atoms in total. The molecule has 0 saturated heterocycles. The fraction of sp³-hybridized carbons (Fsp3) is 0.786. The van der Waals surface area contributed by atoms with Gasteiger partial charge in [0.1, 0.15) is 0 Å². The molecule has 1 heterocycles. The molecule has 1 aromatic heterocycles. The van der Waals surface area contributed by atoms with E-state index in [1.807, 2.05) is 24.0 Å². The second-order valence-corrected chi connectivity index (χ2v) is 5.92. The Morgan fingerprint density at radius 3 is 2.83 bits per heavy atom. The van der Waals surface area contributed by atoms with Gasteiger partial charge in [0, 0.05) is 18.3 Å². The molecule has 0 spiro atoms. The van der Waals surface area contributed by atoms with Gasteiger partial charge in [0.2, 0.25) is 0 Å². The van der Waals surface area contributed by atoms with Crippen molar-refractivity contribution in [1.82, 2.24) is 15.1 Å². The second-order valence-electron chi connectivity index (χ2n) is 5.92. The van der Waals surface area contributed by atoms with Crippen molar-refractivity contribution in [1.29, 1.82) is 0 Å². The van der Waals surface area contributed by atoms with E-state index in [9.17, 15) is 5.11 Å². The number of hydrogen-bond acceptors (Lipinski definition) is 3. The van der Waals surface area contributed by atoms with Gasteiger partial charge >= 0.3 is 0 Å². The largest absolute Gasteiger partial charge is 0.391 e. The minimum absolute atomic E-state index is 0.117. The lowest BCUT2D eigenvalue weighted by Crippen LogP contribution is -2.57. The Morgan fingerprint density at radius 1 is 1.56 bits per heavy atom. The molecular formula is C14H23N3O. The van der Waals surface area contributed by atoms with Gasteiger partial charge in [0.05, 0.1) is 18.3 Å². The molecule has 0 amide bonds. The van der Waals surface area contributed by atoms with Crippen molar-refractivity contribution in [2.75, 3.05) is 0 Å². The zero-order chi connectivity index (χ0) is 12.7. The average molecular weight is 249 g/mol. The van der Waals surface area contributed by atoms with Crippen LogP contribution < -0.4 is 5.32 Å². The third kappa shape index (κ3) is 2.19. The highest BCUT2D eigenvalue weighted by Crippen LogP contribution is 2.38. The predicted molar refractivity (Wildman–Crippen MR) is 70.4 cm³/mol. The molecule has 2 saturated carbocycles. The first-order chi connectivity index (χ1) is 8.69.